The van der Waals surface area contributed by atoms with Gasteiger partial charge in [0.2, 0.25) is 24.4 Å². The molecule has 0 spiro atoms. The summed E-state index contributed by atoms with van der Waals surface area (Å²) in [5.74, 6) is 3.56. The molecule has 8 nitrogen and oxygen atoms in total. The van der Waals surface area contributed by atoms with Crippen LogP contribution in [-0.2, 0) is 4.79 Å². The van der Waals surface area contributed by atoms with Crippen LogP contribution in [0.2, 0.25) is 0 Å². The molecule has 164 valence electrons. The fourth-order valence-electron chi connectivity index (χ4n) is 5.47. The van der Waals surface area contributed by atoms with Crippen molar-refractivity contribution < 1.29 is 23.5 Å². The van der Waals surface area contributed by atoms with Gasteiger partial charge in [0.1, 0.15) is 5.75 Å². The van der Waals surface area contributed by atoms with E-state index in [1.54, 1.807) is 7.11 Å². The van der Waals surface area contributed by atoms with Crippen molar-refractivity contribution in [1.82, 2.24) is 10.1 Å². The third-order valence-corrected chi connectivity index (χ3v) is 6.91. The molecular weight excluding hydrogens is 410 g/mol. The van der Waals surface area contributed by atoms with Crippen molar-refractivity contribution in [3.8, 4) is 28.6 Å². The van der Waals surface area contributed by atoms with E-state index in [2.05, 4.69) is 10.5 Å². The minimum Gasteiger partial charge on any atom is -0.497 e. The predicted molar refractivity (Wildman–Crippen MR) is 115 cm³/mol. The minimum absolute atomic E-state index is 0.00159. The number of carbonyl (C=O) groups is 1. The minimum atomic E-state index is -0.190. The van der Waals surface area contributed by atoms with Gasteiger partial charge in [0.05, 0.1) is 18.9 Å². The molecule has 4 atom stereocenters. The van der Waals surface area contributed by atoms with E-state index in [1.165, 1.54) is 0 Å². The average molecular weight is 433 g/mol. The summed E-state index contributed by atoms with van der Waals surface area (Å²) in [6.07, 6.45) is 3.16. The maximum Gasteiger partial charge on any atom is 0.231 e. The SMILES string of the molecule is COc1cccc(NC(=O)[C@H]2[C@H]3CC[C@H](C3)[C@@H]2c2nc(-c3ccc4c(c3)OCO4)no2)c1. The van der Waals surface area contributed by atoms with Crippen molar-refractivity contribution in [3.05, 3.63) is 48.4 Å². The zero-order valence-corrected chi connectivity index (χ0v) is 17.6. The van der Waals surface area contributed by atoms with Crippen molar-refractivity contribution in [1.29, 1.82) is 0 Å². The number of hydrogen-bond acceptors (Lipinski definition) is 7. The summed E-state index contributed by atoms with van der Waals surface area (Å²) >= 11 is 0. The number of rotatable bonds is 5. The molecule has 1 aromatic heterocycles. The lowest BCUT2D eigenvalue weighted by Gasteiger charge is -2.27. The van der Waals surface area contributed by atoms with Gasteiger partial charge in [-0.1, -0.05) is 11.2 Å². The molecule has 6 rings (SSSR count). The first-order valence-electron chi connectivity index (χ1n) is 10.9. The zero-order chi connectivity index (χ0) is 21.7. The number of anilines is 1. The molecule has 1 aliphatic heterocycles. The van der Waals surface area contributed by atoms with Gasteiger partial charge in [0, 0.05) is 17.3 Å². The third-order valence-electron chi connectivity index (χ3n) is 6.91. The number of nitrogens with one attached hydrogen (secondary N) is 1. The Kier molecular flexibility index (Phi) is 4.52. The summed E-state index contributed by atoms with van der Waals surface area (Å²) in [7, 11) is 1.61. The highest BCUT2D eigenvalue weighted by molar-refractivity contribution is 5.94. The van der Waals surface area contributed by atoms with E-state index in [1.807, 2.05) is 42.5 Å². The van der Waals surface area contributed by atoms with Gasteiger partial charge in [-0.05, 0) is 61.4 Å². The van der Waals surface area contributed by atoms with Gasteiger partial charge in [-0.2, -0.15) is 4.98 Å². The number of benzene rings is 2. The zero-order valence-electron chi connectivity index (χ0n) is 17.6. The van der Waals surface area contributed by atoms with Crippen LogP contribution in [-0.4, -0.2) is 30.0 Å². The van der Waals surface area contributed by atoms with Crippen LogP contribution in [0.3, 0.4) is 0 Å². The molecule has 0 unspecified atom stereocenters. The first kappa shape index (κ1) is 19.2. The summed E-state index contributed by atoms with van der Waals surface area (Å²) in [6, 6.07) is 13.0. The lowest BCUT2D eigenvalue weighted by atomic mass is 9.78. The van der Waals surface area contributed by atoms with Gasteiger partial charge in [0.15, 0.2) is 11.5 Å². The number of aromatic nitrogens is 2. The van der Waals surface area contributed by atoms with Crippen LogP contribution in [0.1, 0.15) is 31.1 Å². The highest BCUT2D eigenvalue weighted by Gasteiger charge is 2.53. The van der Waals surface area contributed by atoms with Crippen molar-refractivity contribution in [2.75, 3.05) is 19.2 Å². The maximum atomic E-state index is 13.3. The molecule has 2 heterocycles. The Labute approximate surface area is 184 Å². The fourth-order valence-corrected chi connectivity index (χ4v) is 5.47. The first-order valence-corrected chi connectivity index (χ1v) is 10.9. The van der Waals surface area contributed by atoms with Crippen LogP contribution in [0.25, 0.3) is 11.4 Å². The van der Waals surface area contributed by atoms with Crippen molar-refractivity contribution in [2.45, 2.75) is 25.2 Å². The van der Waals surface area contributed by atoms with E-state index in [0.717, 1.165) is 30.5 Å². The second-order valence-electron chi connectivity index (χ2n) is 8.63. The molecule has 2 aromatic carbocycles. The van der Waals surface area contributed by atoms with E-state index < -0.39 is 0 Å². The average Bonchev–Trinajstić information content (AvgIpc) is 3.61. The number of fused-ring (bicyclic) bond motifs is 3. The van der Waals surface area contributed by atoms with Gasteiger partial charge in [-0.25, -0.2) is 0 Å². The molecule has 3 aromatic rings. The largest absolute Gasteiger partial charge is 0.497 e. The molecular formula is C24H23N3O5. The molecule has 2 bridgehead atoms. The molecule has 2 aliphatic carbocycles. The van der Waals surface area contributed by atoms with Gasteiger partial charge in [-0.3, -0.25) is 4.79 Å². The van der Waals surface area contributed by atoms with Crippen LogP contribution >= 0.6 is 0 Å². The number of amides is 1. The Bertz CT molecular complexity index is 1180. The molecule has 0 radical (unpaired) electrons. The molecule has 1 amide bonds. The molecule has 3 aliphatic rings. The van der Waals surface area contributed by atoms with Crippen molar-refractivity contribution >= 4 is 11.6 Å². The summed E-state index contributed by atoms with van der Waals surface area (Å²) in [6.45, 7) is 0.214. The van der Waals surface area contributed by atoms with E-state index in [0.29, 0.717) is 40.8 Å². The summed E-state index contributed by atoms with van der Waals surface area (Å²) in [4.78, 5) is 18.0. The molecule has 8 heteroatoms. The normalized spacial score (nSPS) is 25.2. The number of hydrogen-bond donors (Lipinski definition) is 1. The van der Waals surface area contributed by atoms with Crippen molar-refractivity contribution in [2.24, 2.45) is 17.8 Å². The molecule has 2 saturated carbocycles. The molecule has 1 N–H and O–H groups in total. The monoisotopic (exact) mass is 433 g/mol. The van der Waals surface area contributed by atoms with Crippen LogP contribution < -0.4 is 19.5 Å². The number of nitrogens with zero attached hydrogens (tertiary/aromatic N) is 2. The standard InChI is InChI=1S/C24H23N3O5/c1-29-17-4-2-3-16(11-17)25-23(28)20-13-5-6-14(9-13)21(20)24-26-22(27-32-24)15-7-8-18-19(10-15)31-12-30-18/h2-4,7-8,10-11,13-14,20-21H,5-6,9,12H2,1H3,(H,25,28)/t13-,14+,20-,21-/m0/s1. The first-order chi connectivity index (χ1) is 15.7. The molecule has 32 heavy (non-hydrogen) atoms. The van der Waals surface area contributed by atoms with E-state index in [-0.39, 0.29) is 24.5 Å². The molecule has 0 saturated heterocycles. The van der Waals surface area contributed by atoms with Crippen LogP contribution in [0.4, 0.5) is 5.69 Å². The van der Waals surface area contributed by atoms with Gasteiger partial charge >= 0.3 is 0 Å². The van der Waals surface area contributed by atoms with Gasteiger partial charge < -0.3 is 24.1 Å². The molecule has 2 fully saturated rings. The van der Waals surface area contributed by atoms with Gasteiger partial charge in [-0.15, -0.1) is 0 Å². The lowest BCUT2D eigenvalue weighted by Crippen LogP contribution is -2.32. The summed E-state index contributed by atoms with van der Waals surface area (Å²) < 4.78 is 21.8. The Balaban J connectivity index is 1.26. The Morgan fingerprint density at radius 2 is 1.97 bits per heavy atom. The van der Waals surface area contributed by atoms with E-state index in [4.69, 9.17) is 23.7 Å². The number of ether oxygens (including phenoxy) is 3. The highest BCUT2D eigenvalue weighted by Crippen LogP contribution is 2.56. The Morgan fingerprint density at radius 1 is 1.09 bits per heavy atom. The highest BCUT2D eigenvalue weighted by atomic mass is 16.7. The fraction of sp³-hybridized carbons (Fsp3) is 0.375. The summed E-state index contributed by atoms with van der Waals surface area (Å²) in [5, 5.41) is 7.28. The Morgan fingerprint density at radius 3 is 2.88 bits per heavy atom. The third kappa shape index (κ3) is 3.18. The topological polar surface area (TPSA) is 95.7 Å². The van der Waals surface area contributed by atoms with Crippen LogP contribution in [0, 0.1) is 17.8 Å². The smallest absolute Gasteiger partial charge is 0.231 e. The second kappa shape index (κ2) is 7.55. The predicted octanol–water partition coefficient (Wildman–Crippen LogP) is 4.24. The lowest BCUT2D eigenvalue weighted by molar-refractivity contribution is -0.122. The van der Waals surface area contributed by atoms with Crippen molar-refractivity contribution in [3.63, 3.8) is 0 Å². The van der Waals surface area contributed by atoms with Gasteiger partial charge in [0.25, 0.3) is 0 Å². The number of methoxy groups -OCH3 is 1. The number of carbonyl (C=O) groups excluding carboxylic acids is 1. The van der Waals surface area contributed by atoms with Crippen LogP contribution in [0.5, 0.6) is 17.2 Å². The maximum absolute atomic E-state index is 13.3. The van der Waals surface area contributed by atoms with E-state index >= 15 is 0 Å². The van der Waals surface area contributed by atoms with Crippen LogP contribution in [0.15, 0.2) is 47.0 Å². The second-order valence-corrected chi connectivity index (χ2v) is 8.63. The Hall–Kier alpha value is -3.55. The summed E-state index contributed by atoms with van der Waals surface area (Å²) in [5.41, 5.74) is 1.52. The van der Waals surface area contributed by atoms with E-state index in [9.17, 15) is 4.79 Å². The quantitative estimate of drug-likeness (QED) is 0.643.